The van der Waals surface area contributed by atoms with E-state index in [1.54, 1.807) is 0 Å². The molecule has 0 saturated heterocycles. The van der Waals surface area contributed by atoms with Crippen molar-refractivity contribution in [3.8, 4) is 6.07 Å². The Hall–Kier alpha value is -1.03. The lowest BCUT2D eigenvalue weighted by Gasteiger charge is -2.33. The zero-order valence-corrected chi connectivity index (χ0v) is 15.8. The van der Waals surface area contributed by atoms with E-state index in [0.717, 1.165) is 12.3 Å². The standard InChI is InChI=1S/C23H37N/c1-2-3-11-18-23(20-24)19-12-10-17-22(23)16-9-5-8-15-21-13-6-4-7-14-21/h10,12,17,19,21-22H,2-9,11,13-16,18H2,1H3. The molecular weight excluding hydrogens is 290 g/mol. The average molecular weight is 328 g/mol. The summed E-state index contributed by atoms with van der Waals surface area (Å²) in [6.07, 6.45) is 27.4. The van der Waals surface area contributed by atoms with E-state index in [-0.39, 0.29) is 5.41 Å². The summed E-state index contributed by atoms with van der Waals surface area (Å²) in [5, 5.41) is 9.85. The highest BCUT2D eigenvalue weighted by molar-refractivity contribution is 5.26. The molecule has 0 amide bonds. The van der Waals surface area contributed by atoms with Gasteiger partial charge in [0.15, 0.2) is 0 Å². The maximum atomic E-state index is 9.85. The van der Waals surface area contributed by atoms with Gasteiger partial charge in [-0.3, -0.25) is 0 Å². The highest BCUT2D eigenvalue weighted by atomic mass is 14.4. The van der Waals surface area contributed by atoms with Crippen LogP contribution in [0.15, 0.2) is 24.3 Å². The molecule has 0 bridgehead atoms. The Balaban J connectivity index is 1.71. The van der Waals surface area contributed by atoms with Gasteiger partial charge < -0.3 is 0 Å². The van der Waals surface area contributed by atoms with Crippen LogP contribution in [-0.4, -0.2) is 0 Å². The second kappa shape index (κ2) is 10.8. The van der Waals surface area contributed by atoms with E-state index in [9.17, 15) is 5.26 Å². The van der Waals surface area contributed by atoms with Crippen molar-refractivity contribution < 1.29 is 0 Å². The number of hydrogen-bond acceptors (Lipinski definition) is 1. The first-order valence-corrected chi connectivity index (χ1v) is 10.6. The Morgan fingerprint density at radius 3 is 2.50 bits per heavy atom. The third kappa shape index (κ3) is 5.80. The van der Waals surface area contributed by atoms with Gasteiger partial charge in [0.1, 0.15) is 0 Å². The number of nitrogens with zero attached hydrogens (tertiary/aromatic N) is 1. The minimum atomic E-state index is -0.229. The first-order valence-electron chi connectivity index (χ1n) is 10.6. The van der Waals surface area contributed by atoms with Crippen LogP contribution < -0.4 is 0 Å². The maximum Gasteiger partial charge on any atom is 0.0819 e. The van der Waals surface area contributed by atoms with E-state index in [1.165, 1.54) is 83.5 Å². The zero-order valence-electron chi connectivity index (χ0n) is 15.8. The highest BCUT2D eigenvalue weighted by Crippen LogP contribution is 2.41. The molecule has 1 nitrogen and oxygen atoms in total. The molecule has 2 unspecified atom stereocenters. The topological polar surface area (TPSA) is 23.8 Å². The van der Waals surface area contributed by atoms with Gasteiger partial charge in [-0.05, 0) is 24.7 Å². The minimum Gasteiger partial charge on any atom is -0.197 e. The van der Waals surface area contributed by atoms with Crippen molar-refractivity contribution in [2.75, 3.05) is 0 Å². The first kappa shape index (κ1) is 19.3. The van der Waals surface area contributed by atoms with Crippen molar-refractivity contribution in [3.05, 3.63) is 24.3 Å². The van der Waals surface area contributed by atoms with E-state index in [0.29, 0.717) is 5.92 Å². The molecular formula is C23H37N. The molecule has 134 valence electrons. The molecule has 2 atom stereocenters. The van der Waals surface area contributed by atoms with Crippen LogP contribution in [0.2, 0.25) is 0 Å². The van der Waals surface area contributed by atoms with Gasteiger partial charge in [-0.2, -0.15) is 5.26 Å². The molecule has 0 radical (unpaired) electrons. The van der Waals surface area contributed by atoms with Crippen molar-refractivity contribution in [2.24, 2.45) is 17.3 Å². The second-order valence-corrected chi connectivity index (χ2v) is 8.10. The second-order valence-electron chi connectivity index (χ2n) is 8.10. The van der Waals surface area contributed by atoms with E-state index in [1.807, 2.05) is 0 Å². The van der Waals surface area contributed by atoms with Crippen LogP contribution >= 0.6 is 0 Å². The minimum absolute atomic E-state index is 0.229. The van der Waals surface area contributed by atoms with Crippen molar-refractivity contribution >= 4 is 0 Å². The van der Waals surface area contributed by atoms with Crippen molar-refractivity contribution in [3.63, 3.8) is 0 Å². The summed E-state index contributed by atoms with van der Waals surface area (Å²) < 4.78 is 0. The molecule has 1 heteroatoms. The fourth-order valence-electron chi connectivity index (χ4n) is 4.64. The zero-order chi connectivity index (χ0) is 17.1. The Morgan fingerprint density at radius 2 is 1.75 bits per heavy atom. The molecule has 2 aliphatic rings. The Kier molecular flexibility index (Phi) is 8.65. The summed E-state index contributed by atoms with van der Waals surface area (Å²) in [5.41, 5.74) is -0.229. The van der Waals surface area contributed by atoms with Gasteiger partial charge >= 0.3 is 0 Å². The lowest BCUT2D eigenvalue weighted by atomic mass is 9.69. The Labute approximate surface area is 150 Å². The number of hydrogen-bond donors (Lipinski definition) is 0. The Morgan fingerprint density at radius 1 is 0.958 bits per heavy atom. The van der Waals surface area contributed by atoms with Gasteiger partial charge in [-0.15, -0.1) is 0 Å². The summed E-state index contributed by atoms with van der Waals surface area (Å²) in [6.45, 7) is 2.24. The van der Waals surface area contributed by atoms with E-state index >= 15 is 0 Å². The molecule has 2 rings (SSSR count). The SMILES string of the molecule is CCCCCC1(C#N)C=CC=CC1CCCCCC1CCCCC1. The predicted octanol–water partition coefficient (Wildman–Crippen LogP) is 7.35. The number of allylic oxidation sites excluding steroid dienone is 4. The molecule has 0 aliphatic heterocycles. The van der Waals surface area contributed by atoms with Crippen molar-refractivity contribution in [2.45, 2.75) is 96.8 Å². The fourth-order valence-corrected chi connectivity index (χ4v) is 4.64. The number of unbranched alkanes of at least 4 members (excludes halogenated alkanes) is 4. The van der Waals surface area contributed by atoms with Gasteiger partial charge in [0.2, 0.25) is 0 Å². The van der Waals surface area contributed by atoms with E-state index in [4.69, 9.17) is 0 Å². The maximum absolute atomic E-state index is 9.85. The summed E-state index contributed by atoms with van der Waals surface area (Å²) in [4.78, 5) is 0. The molecule has 1 fully saturated rings. The molecule has 0 N–H and O–H groups in total. The van der Waals surface area contributed by atoms with Crippen LogP contribution in [0.3, 0.4) is 0 Å². The summed E-state index contributed by atoms with van der Waals surface area (Å²) in [6, 6.07) is 2.68. The monoisotopic (exact) mass is 327 g/mol. The average Bonchev–Trinajstić information content (AvgIpc) is 2.63. The molecule has 1 saturated carbocycles. The third-order valence-corrected chi connectivity index (χ3v) is 6.26. The van der Waals surface area contributed by atoms with Crippen molar-refractivity contribution in [1.29, 1.82) is 5.26 Å². The molecule has 0 aromatic heterocycles. The quantitative estimate of drug-likeness (QED) is 0.385. The summed E-state index contributed by atoms with van der Waals surface area (Å²) >= 11 is 0. The van der Waals surface area contributed by atoms with Crippen LogP contribution in [0.25, 0.3) is 0 Å². The lowest BCUT2D eigenvalue weighted by Crippen LogP contribution is -2.27. The summed E-state index contributed by atoms with van der Waals surface area (Å²) in [7, 11) is 0. The van der Waals surface area contributed by atoms with Crippen molar-refractivity contribution in [1.82, 2.24) is 0 Å². The Bertz CT molecular complexity index is 435. The highest BCUT2D eigenvalue weighted by Gasteiger charge is 2.35. The van der Waals surface area contributed by atoms with Crippen LogP contribution in [0.5, 0.6) is 0 Å². The normalized spacial score (nSPS) is 27.2. The predicted molar refractivity (Wildman–Crippen MR) is 104 cm³/mol. The molecule has 24 heavy (non-hydrogen) atoms. The molecule has 0 spiro atoms. The molecule has 0 heterocycles. The smallest absolute Gasteiger partial charge is 0.0819 e. The van der Waals surface area contributed by atoms with Crippen LogP contribution in [0.4, 0.5) is 0 Å². The number of nitriles is 1. The fraction of sp³-hybridized carbons (Fsp3) is 0.783. The van der Waals surface area contributed by atoms with Gasteiger partial charge in [0, 0.05) is 0 Å². The van der Waals surface area contributed by atoms with Gasteiger partial charge in [-0.25, -0.2) is 0 Å². The van der Waals surface area contributed by atoms with Gasteiger partial charge in [0.05, 0.1) is 11.5 Å². The molecule has 0 aromatic rings. The van der Waals surface area contributed by atoms with E-state index < -0.39 is 0 Å². The van der Waals surface area contributed by atoms with Crippen LogP contribution in [0.1, 0.15) is 96.8 Å². The van der Waals surface area contributed by atoms with E-state index in [2.05, 4.69) is 37.3 Å². The molecule has 2 aliphatic carbocycles. The molecule has 0 aromatic carbocycles. The summed E-state index contributed by atoms with van der Waals surface area (Å²) in [5.74, 6) is 1.45. The van der Waals surface area contributed by atoms with Gasteiger partial charge in [-0.1, -0.05) is 108 Å². The van der Waals surface area contributed by atoms with Crippen LogP contribution in [0, 0.1) is 28.6 Å². The third-order valence-electron chi connectivity index (χ3n) is 6.26. The largest absolute Gasteiger partial charge is 0.197 e. The van der Waals surface area contributed by atoms with Gasteiger partial charge in [0.25, 0.3) is 0 Å². The first-order chi connectivity index (χ1) is 11.8. The van der Waals surface area contributed by atoms with Crippen LogP contribution in [-0.2, 0) is 0 Å². The lowest BCUT2D eigenvalue weighted by molar-refractivity contribution is 0.295. The number of rotatable bonds is 10.